The predicted octanol–water partition coefficient (Wildman–Crippen LogP) is 3.31. The van der Waals surface area contributed by atoms with Crippen molar-refractivity contribution in [1.82, 2.24) is 0 Å². The Morgan fingerprint density at radius 1 is 0.951 bits per heavy atom. The zero-order chi connectivity index (χ0) is 29.8. The summed E-state index contributed by atoms with van der Waals surface area (Å²) in [5, 5.41) is -6.88. The van der Waals surface area contributed by atoms with Crippen LogP contribution in [0.25, 0.3) is 0 Å². The molecule has 0 amide bonds. The number of carbonyl (C=O) groups excluding carboxylic acids is 2. The monoisotopic (exact) mass is 632 g/mol. The number of hydrogen-bond donors (Lipinski definition) is 1. The van der Waals surface area contributed by atoms with E-state index >= 15 is 0 Å². The van der Waals surface area contributed by atoms with Crippen LogP contribution in [0.1, 0.15) is 64.2 Å². The van der Waals surface area contributed by atoms with Gasteiger partial charge in [0.15, 0.2) is 0 Å². The fraction of sp³-hybridized carbons (Fsp3) is 0.920. The molecule has 7 rings (SSSR count). The van der Waals surface area contributed by atoms with Crippen molar-refractivity contribution in [3.8, 4) is 0 Å². The van der Waals surface area contributed by atoms with Gasteiger partial charge in [-0.1, -0.05) is 0 Å². The molecule has 6 aliphatic carbocycles. The normalized spacial score (nSPS) is 42.0. The maximum atomic E-state index is 13.7. The van der Waals surface area contributed by atoms with Gasteiger partial charge in [0.05, 0.1) is 17.9 Å². The highest BCUT2D eigenvalue weighted by Gasteiger charge is 2.72. The second kappa shape index (κ2) is 9.49. The van der Waals surface area contributed by atoms with Gasteiger partial charge in [-0.05, 0) is 75.5 Å². The van der Waals surface area contributed by atoms with E-state index in [0.29, 0.717) is 17.8 Å². The van der Waals surface area contributed by atoms with Gasteiger partial charge < -0.3 is 9.47 Å². The lowest BCUT2D eigenvalue weighted by Crippen LogP contribution is -2.53. The lowest BCUT2D eigenvalue weighted by molar-refractivity contribution is -0.186. The average Bonchev–Trinajstić information content (AvgIpc) is 3.44. The Morgan fingerprint density at radius 2 is 1.54 bits per heavy atom. The van der Waals surface area contributed by atoms with Gasteiger partial charge in [0.25, 0.3) is 10.1 Å². The molecule has 16 heteroatoms. The fourth-order valence-corrected chi connectivity index (χ4v) is 11.7. The van der Waals surface area contributed by atoms with Crippen LogP contribution >= 0.6 is 0 Å². The molecule has 7 fully saturated rings. The molecule has 7 aliphatic rings. The van der Waals surface area contributed by atoms with Crippen LogP contribution in [0.3, 0.4) is 0 Å². The third-order valence-electron chi connectivity index (χ3n) is 10.4. The second-order valence-corrected chi connectivity index (χ2v) is 16.2. The molecule has 1 aliphatic heterocycles. The van der Waals surface area contributed by atoms with Crippen LogP contribution in [-0.4, -0.2) is 68.6 Å². The number of rotatable bonds is 10. The first-order chi connectivity index (χ1) is 19.0. The van der Waals surface area contributed by atoms with Crippen molar-refractivity contribution in [2.45, 2.75) is 92.8 Å². The van der Waals surface area contributed by atoms with Crippen molar-refractivity contribution in [2.75, 3.05) is 6.61 Å². The molecule has 0 aromatic heterocycles. The van der Waals surface area contributed by atoms with E-state index in [-0.39, 0.29) is 18.8 Å². The Hall–Kier alpha value is -1.52. The first-order valence-corrected chi connectivity index (χ1v) is 16.9. The lowest BCUT2D eigenvalue weighted by atomic mass is 9.49. The van der Waals surface area contributed by atoms with Gasteiger partial charge in [-0.15, -0.1) is 0 Å². The maximum Gasteiger partial charge on any atom is 0.431 e. The summed E-state index contributed by atoms with van der Waals surface area (Å²) in [6.07, 6.45) is 1.35. The lowest BCUT2D eigenvalue weighted by Gasteiger charge is -2.55. The minimum Gasteiger partial charge on any atom is -0.465 e. The van der Waals surface area contributed by atoms with Gasteiger partial charge in [0, 0.05) is 18.3 Å². The zero-order valence-electron chi connectivity index (χ0n) is 21.9. The largest absolute Gasteiger partial charge is 0.465 e. The minimum absolute atomic E-state index is 0.268. The highest BCUT2D eigenvalue weighted by molar-refractivity contribution is 7.87. The number of carbonyl (C=O) groups is 2. The molecule has 6 atom stereocenters. The van der Waals surface area contributed by atoms with Crippen LogP contribution in [0.15, 0.2) is 0 Å². The van der Waals surface area contributed by atoms with E-state index in [9.17, 15) is 44.0 Å². The van der Waals surface area contributed by atoms with Gasteiger partial charge in [0.2, 0.25) is 0 Å². The smallest absolute Gasteiger partial charge is 0.431 e. The van der Waals surface area contributed by atoms with Crippen molar-refractivity contribution in [3.63, 3.8) is 0 Å². The first-order valence-electron chi connectivity index (χ1n) is 14.0. The Bertz CT molecular complexity index is 1300. The number of hydrogen-bond acceptors (Lipinski definition) is 9. The molecular weight excluding hydrogens is 600 g/mol. The van der Waals surface area contributed by atoms with Crippen molar-refractivity contribution < 1.29 is 62.2 Å². The molecule has 0 aromatic carbocycles. The molecule has 41 heavy (non-hydrogen) atoms. The average molecular weight is 633 g/mol. The summed E-state index contributed by atoms with van der Waals surface area (Å²) in [6.45, 7) is -0.519. The molecule has 0 radical (unpaired) electrons. The molecule has 1 saturated heterocycles. The molecule has 10 nitrogen and oxygen atoms in total. The van der Waals surface area contributed by atoms with Crippen LogP contribution in [-0.2, 0) is 43.5 Å². The summed E-state index contributed by atoms with van der Waals surface area (Å²) in [5.74, 6) is -7.39. The Kier molecular flexibility index (Phi) is 6.84. The SMILES string of the molecule is O=C(OCCCCC(F)(F)C(F)(F)S(=O)(=O)O)C1C2CC3C(OS(=O)(=O)C31)C2OC(=O)C12CC3CC(CC(C3)C1)C2. The Morgan fingerprint density at radius 3 is 2.10 bits per heavy atom. The number of fused-ring (bicyclic) bond motifs is 1. The third-order valence-corrected chi connectivity index (χ3v) is 13.1. The number of halogens is 4. The molecule has 0 spiro atoms. The topological polar surface area (TPSA) is 150 Å². The van der Waals surface area contributed by atoms with Gasteiger partial charge >= 0.3 is 33.2 Å². The molecule has 1 heterocycles. The molecule has 1 N–H and O–H groups in total. The van der Waals surface area contributed by atoms with Gasteiger partial charge in [0.1, 0.15) is 17.5 Å². The van der Waals surface area contributed by atoms with Gasteiger partial charge in [-0.25, -0.2) is 0 Å². The maximum absolute atomic E-state index is 13.7. The summed E-state index contributed by atoms with van der Waals surface area (Å²) in [7, 11) is -10.5. The Balaban J connectivity index is 1.09. The summed E-state index contributed by atoms with van der Waals surface area (Å²) in [6, 6.07) is 0. The number of unbranched alkanes of at least 4 members (excludes halogenated alkanes) is 1. The van der Waals surface area contributed by atoms with E-state index in [0.717, 1.165) is 38.5 Å². The quantitative estimate of drug-likeness (QED) is 0.125. The number of esters is 2. The zero-order valence-corrected chi connectivity index (χ0v) is 23.6. The van der Waals surface area contributed by atoms with Crippen LogP contribution in [0.4, 0.5) is 17.6 Å². The molecular formula is C25H32F4O10S2. The first kappa shape index (κ1) is 29.5. The van der Waals surface area contributed by atoms with Gasteiger partial charge in [-0.2, -0.15) is 34.4 Å². The third kappa shape index (κ3) is 4.60. The molecule has 6 unspecified atom stereocenters. The Labute approximate surface area is 234 Å². The summed E-state index contributed by atoms with van der Waals surface area (Å²) in [4.78, 5) is 26.6. The van der Waals surface area contributed by atoms with Crippen LogP contribution in [0, 0.1) is 40.9 Å². The van der Waals surface area contributed by atoms with E-state index in [2.05, 4.69) is 0 Å². The highest BCUT2D eigenvalue weighted by atomic mass is 32.2. The van der Waals surface area contributed by atoms with Crippen LogP contribution < -0.4 is 0 Å². The summed E-state index contributed by atoms with van der Waals surface area (Å²) < 4.78 is 126. The van der Waals surface area contributed by atoms with Crippen molar-refractivity contribution >= 4 is 32.2 Å². The standard InChI is InChI=1S/C25H32F4O10S2/c26-24(27,25(28,29)41(34,35)36)3-1-2-4-37-21(30)17-15-8-16-19(39-40(32,33)20(16)17)18(15)38-22(31)23-9-12-5-13(10-23)7-14(6-12)11-23/h12-20H,1-11H2,(H,34,35,36). The van der Waals surface area contributed by atoms with E-state index in [1.165, 1.54) is 0 Å². The van der Waals surface area contributed by atoms with Crippen molar-refractivity contribution in [3.05, 3.63) is 0 Å². The van der Waals surface area contributed by atoms with Crippen molar-refractivity contribution in [1.29, 1.82) is 0 Å². The minimum atomic E-state index is -6.35. The predicted molar refractivity (Wildman–Crippen MR) is 129 cm³/mol. The van der Waals surface area contributed by atoms with Gasteiger partial charge in [-0.3, -0.25) is 18.3 Å². The fourth-order valence-electron chi connectivity index (χ4n) is 9.12. The van der Waals surface area contributed by atoms with Crippen LogP contribution in [0.2, 0.25) is 0 Å². The highest BCUT2D eigenvalue weighted by Crippen LogP contribution is 2.62. The number of alkyl halides is 4. The van der Waals surface area contributed by atoms with E-state index in [1.807, 2.05) is 0 Å². The summed E-state index contributed by atoms with van der Waals surface area (Å²) in [5.41, 5.74) is -0.600. The molecule has 0 aromatic rings. The summed E-state index contributed by atoms with van der Waals surface area (Å²) >= 11 is 0. The van der Waals surface area contributed by atoms with Crippen molar-refractivity contribution in [2.24, 2.45) is 40.9 Å². The number of ether oxygens (including phenoxy) is 2. The van der Waals surface area contributed by atoms with E-state index in [1.54, 1.807) is 0 Å². The van der Waals surface area contributed by atoms with E-state index < -0.39 is 97.5 Å². The van der Waals surface area contributed by atoms with E-state index in [4.69, 9.17) is 18.2 Å². The molecule has 6 bridgehead atoms. The second-order valence-electron chi connectivity index (χ2n) is 13.0. The van der Waals surface area contributed by atoms with Crippen LogP contribution in [0.5, 0.6) is 0 Å². The molecule has 6 saturated carbocycles. The molecule has 232 valence electrons.